The van der Waals surface area contributed by atoms with Crippen LogP contribution in [-0.4, -0.2) is 54.6 Å². The van der Waals surface area contributed by atoms with Gasteiger partial charge in [0.25, 0.3) is 5.91 Å². The number of nitrogens with zero attached hydrogens (tertiary/aromatic N) is 2. The molecule has 1 fully saturated rings. The van der Waals surface area contributed by atoms with Crippen LogP contribution in [0, 0.1) is 5.82 Å². The third kappa shape index (κ3) is 6.58. The van der Waals surface area contributed by atoms with Crippen LogP contribution in [0.4, 0.5) is 4.39 Å². The minimum Gasteiger partial charge on any atom is -0.496 e. The third-order valence-corrected chi connectivity index (χ3v) is 7.00. The molecule has 198 valence electrons. The van der Waals surface area contributed by atoms with Crippen LogP contribution in [0.3, 0.4) is 0 Å². The predicted octanol–water partition coefficient (Wildman–Crippen LogP) is 5.93. The molecule has 1 saturated heterocycles. The lowest BCUT2D eigenvalue weighted by molar-refractivity contribution is -0.139. The molecule has 1 aliphatic heterocycles. The van der Waals surface area contributed by atoms with Crippen molar-refractivity contribution >= 4 is 5.91 Å². The number of hydrogen-bond acceptors (Lipinski definition) is 4. The van der Waals surface area contributed by atoms with Crippen LogP contribution >= 0.6 is 0 Å². The van der Waals surface area contributed by atoms with Gasteiger partial charge in [0.2, 0.25) is 0 Å². The second-order valence-electron chi connectivity index (χ2n) is 12.1. The summed E-state index contributed by atoms with van der Waals surface area (Å²) in [7, 11) is 1.69. The Balaban J connectivity index is 1.73. The van der Waals surface area contributed by atoms with Crippen molar-refractivity contribution in [2.24, 2.45) is 0 Å². The van der Waals surface area contributed by atoms with Gasteiger partial charge >= 0.3 is 0 Å². The van der Waals surface area contributed by atoms with E-state index in [4.69, 9.17) is 9.47 Å². The van der Waals surface area contributed by atoms with Crippen molar-refractivity contribution in [3.05, 3.63) is 58.9 Å². The Hall–Kier alpha value is -2.60. The largest absolute Gasteiger partial charge is 0.496 e. The van der Waals surface area contributed by atoms with E-state index >= 15 is 0 Å². The second kappa shape index (κ2) is 10.8. The maximum atomic E-state index is 13.3. The SMILES string of the molecule is COc1cc(C(C)(C)C)c(OCC(=O)N2C[C@@H](C)N(Cc3ccc(F)cc3)C[C@@H]2C)cc1C(C)(C)C. The van der Waals surface area contributed by atoms with Crippen molar-refractivity contribution in [2.45, 2.75) is 84.8 Å². The highest BCUT2D eigenvalue weighted by atomic mass is 19.1. The quantitative estimate of drug-likeness (QED) is 0.495. The van der Waals surface area contributed by atoms with Crippen LogP contribution in [0.15, 0.2) is 36.4 Å². The van der Waals surface area contributed by atoms with Gasteiger partial charge in [0.15, 0.2) is 6.61 Å². The summed E-state index contributed by atoms with van der Waals surface area (Å²) >= 11 is 0. The molecule has 0 aromatic heterocycles. The van der Waals surface area contributed by atoms with Crippen molar-refractivity contribution in [2.75, 3.05) is 26.8 Å². The number of methoxy groups -OCH3 is 1. The number of carbonyl (C=O) groups excluding carboxylic acids is 1. The molecule has 36 heavy (non-hydrogen) atoms. The molecule has 0 bridgehead atoms. The number of rotatable bonds is 6. The van der Waals surface area contributed by atoms with Crippen molar-refractivity contribution in [3.63, 3.8) is 0 Å². The number of benzene rings is 2. The summed E-state index contributed by atoms with van der Waals surface area (Å²) in [5.41, 5.74) is 2.84. The van der Waals surface area contributed by atoms with Crippen LogP contribution in [0.2, 0.25) is 0 Å². The molecule has 2 aromatic rings. The van der Waals surface area contributed by atoms with Gasteiger partial charge in [-0.25, -0.2) is 4.39 Å². The smallest absolute Gasteiger partial charge is 0.260 e. The fourth-order valence-corrected chi connectivity index (χ4v) is 4.83. The molecule has 0 spiro atoms. The molecule has 2 atom stereocenters. The van der Waals surface area contributed by atoms with Crippen LogP contribution in [0.5, 0.6) is 11.5 Å². The summed E-state index contributed by atoms with van der Waals surface area (Å²) < 4.78 is 25.2. The average molecular weight is 499 g/mol. The first kappa shape index (κ1) is 28.0. The molecular weight excluding hydrogens is 455 g/mol. The van der Waals surface area contributed by atoms with Gasteiger partial charge in [-0.15, -0.1) is 0 Å². The minimum absolute atomic E-state index is 0.00594. The van der Waals surface area contributed by atoms with Crippen LogP contribution in [0.25, 0.3) is 0 Å². The van der Waals surface area contributed by atoms with Gasteiger partial charge in [0, 0.05) is 42.8 Å². The summed E-state index contributed by atoms with van der Waals surface area (Å²) in [6, 6.07) is 11.0. The highest BCUT2D eigenvalue weighted by Gasteiger charge is 2.33. The number of halogens is 1. The van der Waals surface area contributed by atoms with E-state index in [0.717, 1.165) is 41.3 Å². The normalized spacial score (nSPS) is 19.3. The van der Waals surface area contributed by atoms with E-state index in [1.54, 1.807) is 7.11 Å². The molecular formula is C30H43FN2O3. The summed E-state index contributed by atoms with van der Waals surface area (Å²) in [6.45, 7) is 19.2. The molecule has 0 saturated carbocycles. The zero-order valence-corrected chi connectivity index (χ0v) is 23.4. The molecule has 0 N–H and O–H groups in total. The van der Waals surface area contributed by atoms with Gasteiger partial charge < -0.3 is 14.4 Å². The van der Waals surface area contributed by atoms with E-state index in [2.05, 4.69) is 66.4 Å². The predicted molar refractivity (Wildman–Crippen MR) is 143 cm³/mol. The summed E-state index contributed by atoms with van der Waals surface area (Å²) in [4.78, 5) is 17.6. The zero-order chi connectivity index (χ0) is 26.8. The minimum atomic E-state index is -0.225. The summed E-state index contributed by atoms with van der Waals surface area (Å²) in [5, 5.41) is 0. The Morgan fingerprint density at radius 2 is 1.47 bits per heavy atom. The third-order valence-electron chi connectivity index (χ3n) is 7.00. The molecule has 6 heteroatoms. The van der Waals surface area contributed by atoms with Gasteiger partial charge in [-0.05, 0) is 54.5 Å². The van der Waals surface area contributed by atoms with Gasteiger partial charge in [-0.2, -0.15) is 0 Å². The Morgan fingerprint density at radius 1 is 0.917 bits per heavy atom. The zero-order valence-electron chi connectivity index (χ0n) is 23.4. The Labute approximate surface area is 216 Å². The molecule has 1 amide bonds. The Morgan fingerprint density at radius 3 is 2.03 bits per heavy atom. The van der Waals surface area contributed by atoms with Gasteiger partial charge in [0.05, 0.1) is 7.11 Å². The van der Waals surface area contributed by atoms with Crippen LogP contribution in [0.1, 0.15) is 72.1 Å². The van der Waals surface area contributed by atoms with Gasteiger partial charge in [-0.3, -0.25) is 9.69 Å². The maximum Gasteiger partial charge on any atom is 0.260 e. The van der Waals surface area contributed by atoms with Crippen molar-refractivity contribution in [1.82, 2.24) is 9.80 Å². The van der Waals surface area contributed by atoms with E-state index in [1.807, 2.05) is 23.1 Å². The van der Waals surface area contributed by atoms with E-state index in [-0.39, 0.29) is 41.2 Å². The van der Waals surface area contributed by atoms with E-state index in [1.165, 1.54) is 12.1 Å². The lowest BCUT2D eigenvalue weighted by atomic mass is 9.81. The fraction of sp³-hybridized carbons (Fsp3) is 0.567. The molecule has 2 aromatic carbocycles. The first-order valence-corrected chi connectivity index (χ1v) is 12.8. The number of piperazine rings is 1. The number of carbonyl (C=O) groups is 1. The lowest BCUT2D eigenvalue weighted by Gasteiger charge is -2.44. The topological polar surface area (TPSA) is 42.0 Å². The molecule has 0 unspecified atom stereocenters. The molecule has 0 radical (unpaired) electrons. The van der Waals surface area contributed by atoms with E-state index < -0.39 is 0 Å². The maximum absolute atomic E-state index is 13.3. The average Bonchev–Trinajstić information content (AvgIpc) is 2.79. The molecule has 0 aliphatic carbocycles. The van der Waals surface area contributed by atoms with Gasteiger partial charge in [-0.1, -0.05) is 53.7 Å². The summed E-state index contributed by atoms with van der Waals surface area (Å²) in [5.74, 6) is 1.34. The number of ether oxygens (including phenoxy) is 2. The van der Waals surface area contributed by atoms with Crippen molar-refractivity contribution in [3.8, 4) is 11.5 Å². The van der Waals surface area contributed by atoms with Crippen LogP contribution < -0.4 is 9.47 Å². The highest BCUT2D eigenvalue weighted by Crippen LogP contribution is 2.41. The van der Waals surface area contributed by atoms with E-state index in [9.17, 15) is 9.18 Å². The number of hydrogen-bond donors (Lipinski definition) is 0. The van der Waals surface area contributed by atoms with Crippen LogP contribution in [-0.2, 0) is 22.2 Å². The summed E-state index contributed by atoms with van der Waals surface area (Å²) in [6.07, 6.45) is 0. The highest BCUT2D eigenvalue weighted by molar-refractivity contribution is 5.78. The standard InChI is InChI=1S/C30H43FN2O3/c1-20-17-33(21(2)16-32(20)18-22-10-12-23(31)13-11-22)28(34)19-36-27-15-24(29(3,4)5)26(35-9)14-25(27)30(6,7)8/h10-15,20-21H,16-19H2,1-9H3/t20-,21+/m1/s1. The Bertz CT molecular complexity index is 1050. The monoisotopic (exact) mass is 498 g/mol. The Kier molecular flexibility index (Phi) is 8.39. The number of amides is 1. The van der Waals surface area contributed by atoms with Gasteiger partial charge in [0.1, 0.15) is 17.3 Å². The first-order chi connectivity index (χ1) is 16.7. The van der Waals surface area contributed by atoms with Crippen molar-refractivity contribution < 1.29 is 18.7 Å². The molecule has 1 heterocycles. The fourth-order valence-electron chi connectivity index (χ4n) is 4.83. The molecule has 3 rings (SSSR count). The lowest BCUT2D eigenvalue weighted by Crippen LogP contribution is -2.58. The second-order valence-corrected chi connectivity index (χ2v) is 12.1. The molecule has 5 nitrogen and oxygen atoms in total. The molecule has 1 aliphatic rings. The van der Waals surface area contributed by atoms with Crippen molar-refractivity contribution in [1.29, 1.82) is 0 Å². The van der Waals surface area contributed by atoms with E-state index in [0.29, 0.717) is 6.54 Å². The first-order valence-electron chi connectivity index (χ1n) is 12.8.